The highest BCUT2D eigenvalue weighted by molar-refractivity contribution is 7.17. The number of benzene rings is 2. The van der Waals surface area contributed by atoms with E-state index in [4.69, 9.17) is 9.40 Å². The zero-order chi connectivity index (χ0) is 22.8. The molecule has 1 aliphatic carbocycles. The van der Waals surface area contributed by atoms with E-state index < -0.39 is 0 Å². The molecule has 2 amide bonds. The van der Waals surface area contributed by atoms with Crippen LogP contribution in [0.25, 0.3) is 22.0 Å². The lowest BCUT2D eigenvalue weighted by molar-refractivity contribution is -0.117. The van der Waals surface area contributed by atoms with Gasteiger partial charge in [0, 0.05) is 17.2 Å². The second kappa shape index (κ2) is 9.03. The Morgan fingerprint density at radius 3 is 2.45 bits per heavy atom. The highest BCUT2D eigenvalue weighted by Crippen LogP contribution is 2.34. The van der Waals surface area contributed by atoms with Gasteiger partial charge in [0.25, 0.3) is 5.91 Å². The van der Waals surface area contributed by atoms with Gasteiger partial charge in [-0.25, -0.2) is 4.98 Å². The number of nitrogens with one attached hydrogen (secondary N) is 2. The fraction of sp³-hybridized carbons (Fsp3) is 0.192. The molecule has 0 aliphatic heterocycles. The Labute approximate surface area is 195 Å². The molecule has 0 spiro atoms. The third-order valence-electron chi connectivity index (χ3n) is 5.59. The lowest BCUT2D eigenvalue weighted by Gasteiger charge is -2.15. The van der Waals surface area contributed by atoms with Crippen molar-refractivity contribution in [2.45, 2.75) is 25.8 Å². The Bertz CT molecular complexity index is 1260. The van der Waals surface area contributed by atoms with Gasteiger partial charge >= 0.3 is 0 Å². The number of rotatable bonds is 7. The van der Waals surface area contributed by atoms with E-state index in [0.717, 1.165) is 29.7 Å². The molecule has 2 aromatic heterocycles. The number of thiazole rings is 1. The molecule has 1 unspecified atom stereocenters. The molecule has 1 atom stereocenters. The number of carbonyl (C=O) groups is 2. The van der Waals surface area contributed by atoms with Gasteiger partial charge < -0.3 is 15.1 Å². The molecule has 2 N–H and O–H groups in total. The van der Waals surface area contributed by atoms with Gasteiger partial charge in [0.15, 0.2) is 10.8 Å². The van der Waals surface area contributed by atoms with Crippen LogP contribution in [0.1, 0.15) is 41.0 Å². The molecule has 1 aliphatic rings. The second-order valence-electron chi connectivity index (χ2n) is 8.12. The van der Waals surface area contributed by atoms with Gasteiger partial charge in [-0.05, 0) is 49.6 Å². The van der Waals surface area contributed by atoms with Crippen molar-refractivity contribution in [1.29, 1.82) is 0 Å². The van der Waals surface area contributed by atoms with E-state index in [1.165, 1.54) is 11.3 Å². The molecule has 2 heterocycles. The molecule has 166 valence electrons. The summed E-state index contributed by atoms with van der Waals surface area (Å²) in [6.07, 6.45) is 3.53. The smallest absolute Gasteiger partial charge is 0.264 e. The van der Waals surface area contributed by atoms with Crippen molar-refractivity contribution >= 4 is 28.8 Å². The summed E-state index contributed by atoms with van der Waals surface area (Å²) in [4.78, 5) is 30.5. The number of nitrogens with zero attached hydrogens (tertiary/aromatic N) is 1. The first-order valence-corrected chi connectivity index (χ1v) is 11.7. The molecule has 1 fully saturated rings. The molecule has 5 rings (SSSR count). The minimum atomic E-state index is -0.219. The Morgan fingerprint density at radius 2 is 1.79 bits per heavy atom. The first kappa shape index (κ1) is 21.2. The zero-order valence-electron chi connectivity index (χ0n) is 18.1. The van der Waals surface area contributed by atoms with Crippen LogP contribution in [0.5, 0.6) is 0 Å². The number of hydrogen-bond acceptors (Lipinski definition) is 5. The molecule has 33 heavy (non-hydrogen) atoms. The Morgan fingerprint density at radius 1 is 1.03 bits per heavy atom. The van der Waals surface area contributed by atoms with E-state index in [1.54, 1.807) is 12.3 Å². The van der Waals surface area contributed by atoms with E-state index in [0.29, 0.717) is 21.3 Å². The summed E-state index contributed by atoms with van der Waals surface area (Å²) in [6.45, 7) is 1.94. The van der Waals surface area contributed by atoms with Crippen molar-refractivity contribution < 1.29 is 14.0 Å². The van der Waals surface area contributed by atoms with Crippen molar-refractivity contribution in [3.8, 4) is 22.0 Å². The SMILES string of the molecule is CC(NC(=O)c1sc(-c2ccco2)nc1-c1ccccc1)c1ccc(NC(=O)C2CC2)cc1. The summed E-state index contributed by atoms with van der Waals surface area (Å²) in [5.41, 5.74) is 3.23. The van der Waals surface area contributed by atoms with Crippen molar-refractivity contribution in [1.82, 2.24) is 10.3 Å². The second-order valence-corrected chi connectivity index (χ2v) is 9.12. The highest BCUT2D eigenvalue weighted by Gasteiger charge is 2.29. The van der Waals surface area contributed by atoms with Crippen molar-refractivity contribution in [2.75, 3.05) is 5.32 Å². The van der Waals surface area contributed by atoms with Gasteiger partial charge in [-0.2, -0.15) is 0 Å². The summed E-state index contributed by atoms with van der Waals surface area (Å²) in [7, 11) is 0. The number of anilines is 1. The van der Waals surface area contributed by atoms with E-state index in [-0.39, 0.29) is 23.8 Å². The quantitative estimate of drug-likeness (QED) is 0.361. The number of hydrogen-bond donors (Lipinski definition) is 2. The van der Waals surface area contributed by atoms with Gasteiger partial charge in [-0.15, -0.1) is 11.3 Å². The fourth-order valence-corrected chi connectivity index (χ4v) is 4.52. The molecule has 6 nitrogen and oxygen atoms in total. The first-order chi connectivity index (χ1) is 16.1. The number of carbonyl (C=O) groups excluding carboxylic acids is 2. The lowest BCUT2D eigenvalue weighted by atomic mass is 10.1. The average Bonchev–Trinajstić information content (AvgIpc) is 3.36. The summed E-state index contributed by atoms with van der Waals surface area (Å²) in [5.74, 6) is 0.679. The summed E-state index contributed by atoms with van der Waals surface area (Å²) >= 11 is 1.31. The third kappa shape index (κ3) is 4.73. The van der Waals surface area contributed by atoms with Crippen molar-refractivity contribution in [2.24, 2.45) is 5.92 Å². The van der Waals surface area contributed by atoms with Gasteiger partial charge in [-0.1, -0.05) is 42.5 Å². The van der Waals surface area contributed by atoms with Crippen LogP contribution in [-0.4, -0.2) is 16.8 Å². The Balaban J connectivity index is 1.35. The normalized spacial score (nSPS) is 14.0. The number of furan rings is 1. The van der Waals surface area contributed by atoms with E-state index in [9.17, 15) is 9.59 Å². The summed E-state index contributed by atoms with van der Waals surface area (Å²) in [5, 5.41) is 6.68. The third-order valence-corrected chi connectivity index (χ3v) is 6.66. The van der Waals surface area contributed by atoms with E-state index in [1.807, 2.05) is 67.6 Å². The van der Waals surface area contributed by atoms with Crippen molar-refractivity contribution in [3.63, 3.8) is 0 Å². The molecular weight excluding hydrogens is 434 g/mol. The van der Waals surface area contributed by atoms with Crippen LogP contribution < -0.4 is 10.6 Å². The maximum atomic E-state index is 13.3. The van der Waals surface area contributed by atoms with Gasteiger partial charge in [-0.3, -0.25) is 9.59 Å². The predicted octanol–water partition coefficient (Wildman–Crippen LogP) is 5.91. The van der Waals surface area contributed by atoms with Gasteiger partial charge in [0.2, 0.25) is 5.91 Å². The number of amides is 2. The molecular formula is C26H23N3O3S. The monoisotopic (exact) mass is 457 g/mol. The molecule has 7 heteroatoms. The molecule has 0 saturated heterocycles. The molecule has 0 radical (unpaired) electrons. The topological polar surface area (TPSA) is 84.2 Å². The van der Waals surface area contributed by atoms with Crippen LogP contribution in [0.2, 0.25) is 0 Å². The minimum absolute atomic E-state index is 0.0788. The van der Waals surface area contributed by atoms with Crippen LogP contribution >= 0.6 is 11.3 Å². The maximum Gasteiger partial charge on any atom is 0.264 e. The highest BCUT2D eigenvalue weighted by atomic mass is 32.1. The summed E-state index contributed by atoms with van der Waals surface area (Å²) < 4.78 is 5.50. The average molecular weight is 458 g/mol. The number of aromatic nitrogens is 1. The van der Waals surface area contributed by atoms with E-state index >= 15 is 0 Å². The molecule has 1 saturated carbocycles. The van der Waals surface area contributed by atoms with Crippen LogP contribution in [0.15, 0.2) is 77.4 Å². The molecule has 2 aromatic carbocycles. The first-order valence-electron chi connectivity index (χ1n) is 10.9. The Hall–Kier alpha value is -3.71. The Kier molecular flexibility index (Phi) is 5.79. The largest absolute Gasteiger partial charge is 0.462 e. The van der Waals surface area contributed by atoms with Crippen LogP contribution in [0.3, 0.4) is 0 Å². The standard InChI is InChI=1S/C26H23N3O3S/c1-16(17-11-13-20(14-12-17)28-24(30)19-9-10-19)27-25(31)23-22(18-6-3-2-4-7-18)29-26(33-23)21-8-5-15-32-21/h2-8,11-16,19H,9-10H2,1H3,(H,27,31)(H,28,30). The van der Waals surface area contributed by atoms with Crippen LogP contribution in [0.4, 0.5) is 5.69 Å². The lowest BCUT2D eigenvalue weighted by Crippen LogP contribution is -2.26. The van der Waals surface area contributed by atoms with Gasteiger partial charge in [0.05, 0.1) is 18.0 Å². The van der Waals surface area contributed by atoms with E-state index in [2.05, 4.69) is 10.6 Å². The fourth-order valence-electron chi connectivity index (χ4n) is 3.56. The predicted molar refractivity (Wildman–Crippen MR) is 129 cm³/mol. The minimum Gasteiger partial charge on any atom is -0.462 e. The zero-order valence-corrected chi connectivity index (χ0v) is 18.9. The molecule has 4 aromatic rings. The molecule has 0 bridgehead atoms. The maximum absolute atomic E-state index is 13.3. The summed E-state index contributed by atoms with van der Waals surface area (Å²) in [6, 6.07) is 20.7. The van der Waals surface area contributed by atoms with Crippen LogP contribution in [0, 0.1) is 5.92 Å². The van der Waals surface area contributed by atoms with Crippen molar-refractivity contribution in [3.05, 3.63) is 83.4 Å². The van der Waals surface area contributed by atoms with Crippen LogP contribution in [-0.2, 0) is 4.79 Å². The van der Waals surface area contributed by atoms with Gasteiger partial charge in [0.1, 0.15) is 4.88 Å².